The lowest BCUT2D eigenvalue weighted by atomic mass is 10.1. The Bertz CT molecular complexity index is 637. The molecular weight excluding hydrogens is 276 g/mol. The molecule has 0 saturated carbocycles. The molecule has 104 valence electrons. The van der Waals surface area contributed by atoms with Crippen LogP contribution in [0.3, 0.4) is 0 Å². The summed E-state index contributed by atoms with van der Waals surface area (Å²) < 4.78 is 0. The predicted octanol–water partition coefficient (Wildman–Crippen LogP) is 2.33. The Hall–Kier alpha value is -2.21. The Morgan fingerprint density at radius 1 is 1.30 bits per heavy atom. The molecule has 20 heavy (non-hydrogen) atoms. The van der Waals surface area contributed by atoms with E-state index in [1.165, 1.54) is 10.9 Å². The van der Waals surface area contributed by atoms with E-state index >= 15 is 0 Å². The van der Waals surface area contributed by atoms with Gasteiger partial charge in [0.2, 0.25) is 0 Å². The van der Waals surface area contributed by atoms with Crippen LogP contribution in [-0.4, -0.2) is 22.0 Å². The number of benzene rings is 1. The molecule has 0 radical (unpaired) electrons. The third-order valence-corrected chi connectivity index (χ3v) is 3.70. The standard InChI is InChI=1S/C14H14N2O3S/c1-2-9-5-3-4-6-10(9)7-15-12(17)13-16-11(8-20-13)14(18)19/h3-6,8H,2,7H2,1H3,(H,15,17)(H,18,19). The summed E-state index contributed by atoms with van der Waals surface area (Å²) in [6.07, 6.45) is 0.895. The Kier molecular flexibility index (Phi) is 4.47. The number of carboxylic acids is 1. The lowest BCUT2D eigenvalue weighted by Crippen LogP contribution is -2.23. The second-order valence-corrected chi connectivity index (χ2v) is 5.01. The molecule has 2 aromatic rings. The third-order valence-electron chi connectivity index (χ3n) is 2.86. The normalized spacial score (nSPS) is 10.2. The minimum Gasteiger partial charge on any atom is -0.476 e. The highest BCUT2D eigenvalue weighted by Crippen LogP contribution is 2.12. The van der Waals surface area contributed by atoms with E-state index in [-0.39, 0.29) is 16.6 Å². The van der Waals surface area contributed by atoms with Crippen molar-refractivity contribution in [2.75, 3.05) is 0 Å². The van der Waals surface area contributed by atoms with Crippen molar-refractivity contribution in [1.29, 1.82) is 0 Å². The van der Waals surface area contributed by atoms with Gasteiger partial charge in [-0.1, -0.05) is 31.2 Å². The van der Waals surface area contributed by atoms with Crippen LogP contribution in [0.1, 0.15) is 38.3 Å². The Morgan fingerprint density at radius 3 is 2.60 bits per heavy atom. The fourth-order valence-corrected chi connectivity index (χ4v) is 2.51. The average Bonchev–Trinajstić information content (AvgIpc) is 2.95. The highest BCUT2D eigenvalue weighted by atomic mass is 32.1. The molecule has 2 rings (SSSR count). The number of aryl methyl sites for hydroxylation is 1. The smallest absolute Gasteiger partial charge is 0.355 e. The van der Waals surface area contributed by atoms with Gasteiger partial charge in [0.15, 0.2) is 10.7 Å². The number of thiazole rings is 1. The molecule has 0 spiro atoms. The molecule has 0 saturated heterocycles. The van der Waals surface area contributed by atoms with Crippen molar-refractivity contribution < 1.29 is 14.7 Å². The number of nitrogens with zero attached hydrogens (tertiary/aromatic N) is 1. The molecule has 5 nitrogen and oxygen atoms in total. The molecular formula is C14H14N2O3S. The maximum absolute atomic E-state index is 11.9. The van der Waals surface area contributed by atoms with Crippen LogP contribution in [0.15, 0.2) is 29.6 Å². The van der Waals surface area contributed by atoms with Gasteiger partial charge in [-0.2, -0.15) is 0 Å². The molecule has 0 fully saturated rings. The molecule has 1 aromatic carbocycles. The fraction of sp³-hybridized carbons (Fsp3) is 0.214. The Morgan fingerprint density at radius 2 is 2.00 bits per heavy atom. The van der Waals surface area contributed by atoms with Gasteiger partial charge in [-0.3, -0.25) is 4.79 Å². The van der Waals surface area contributed by atoms with Crippen LogP contribution in [0.4, 0.5) is 0 Å². The number of carbonyl (C=O) groups excluding carboxylic acids is 1. The number of aromatic nitrogens is 1. The first kappa shape index (κ1) is 14.2. The van der Waals surface area contributed by atoms with Gasteiger partial charge in [0, 0.05) is 11.9 Å². The largest absolute Gasteiger partial charge is 0.476 e. The summed E-state index contributed by atoms with van der Waals surface area (Å²) >= 11 is 1.03. The molecule has 0 aliphatic rings. The molecule has 1 aromatic heterocycles. The number of hydrogen-bond donors (Lipinski definition) is 2. The second-order valence-electron chi connectivity index (χ2n) is 4.15. The molecule has 2 N–H and O–H groups in total. The summed E-state index contributed by atoms with van der Waals surface area (Å²) in [5, 5.41) is 13.0. The summed E-state index contributed by atoms with van der Waals surface area (Å²) in [6, 6.07) is 7.87. The Labute approximate surface area is 120 Å². The van der Waals surface area contributed by atoms with E-state index in [1.807, 2.05) is 24.3 Å². The Balaban J connectivity index is 2.03. The number of amides is 1. The molecule has 0 bridgehead atoms. The summed E-state index contributed by atoms with van der Waals surface area (Å²) in [5.41, 5.74) is 2.13. The highest BCUT2D eigenvalue weighted by molar-refractivity contribution is 7.11. The van der Waals surface area contributed by atoms with Crippen molar-refractivity contribution in [1.82, 2.24) is 10.3 Å². The number of hydrogen-bond acceptors (Lipinski definition) is 4. The summed E-state index contributed by atoms with van der Waals surface area (Å²) in [5.74, 6) is -1.48. The zero-order chi connectivity index (χ0) is 14.5. The fourth-order valence-electron chi connectivity index (χ4n) is 1.80. The van der Waals surface area contributed by atoms with Gasteiger partial charge in [-0.25, -0.2) is 9.78 Å². The first-order valence-corrected chi connectivity index (χ1v) is 7.03. The number of rotatable bonds is 5. The molecule has 0 aliphatic heterocycles. The van der Waals surface area contributed by atoms with Crippen molar-refractivity contribution in [2.24, 2.45) is 0 Å². The monoisotopic (exact) mass is 290 g/mol. The van der Waals surface area contributed by atoms with Crippen molar-refractivity contribution in [3.05, 3.63) is 51.5 Å². The van der Waals surface area contributed by atoms with Gasteiger partial charge in [0.1, 0.15) is 0 Å². The van der Waals surface area contributed by atoms with Crippen LogP contribution in [0.5, 0.6) is 0 Å². The average molecular weight is 290 g/mol. The minimum atomic E-state index is -1.13. The van der Waals surface area contributed by atoms with Crippen LogP contribution in [0.2, 0.25) is 0 Å². The summed E-state index contributed by atoms with van der Waals surface area (Å²) in [4.78, 5) is 26.4. The van der Waals surface area contributed by atoms with E-state index in [2.05, 4.69) is 17.2 Å². The van der Waals surface area contributed by atoms with Gasteiger partial charge in [-0.05, 0) is 17.5 Å². The summed E-state index contributed by atoms with van der Waals surface area (Å²) in [7, 11) is 0. The van der Waals surface area contributed by atoms with E-state index < -0.39 is 5.97 Å². The highest BCUT2D eigenvalue weighted by Gasteiger charge is 2.14. The number of carboxylic acid groups (broad SMARTS) is 1. The van der Waals surface area contributed by atoms with Crippen LogP contribution in [-0.2, 0) is 13.0 Å². The SMILES string of the molecule is CCc1ccccc1CNC(=O)c1nc(C(=O)O)cs1. The van der Waals surface area contributed by atoms with E-state index in [1.54, 1.807) is 0 Å². The zero-order valence-corrected chi connectivity index (χ0v) is 11.7. The topological polar surface area (TPSA) is 79.3 Å². The lowest BCUT2D eigenvalue weighted by Gasteiger charge is -2.08. The molecule has 1 heterocycles. The first-order chi connectivity index (χ1) is 9.61. The van der Waals surface area contributed by atoms with E-state index in [0.717, 1.165) is 23.3 Å². The van der Waals surface area contributed by atoms with Crippen LogP contribution in [0, 0.1) is 0 Å². The molecule has 6 heteroatoms. The van der Waals surface area contributed by atoms with Gasteiger partial charge >= 0.3 is 5.97 Å². The van der Waals surface area contributed by atoms with Crippen molar-refractivity contribution in [2.45, 2.75) is 19.9 Å². The van der Waals surface area contributed by atoms with E-state index in [0.29, 0.717) is 6.54 Å². The molecule has 1 amide bonds. The zero-order valence-electron chi connectivity index (χ0n) is 10.9. The third kappa shape index (κ3) is 3.21. The minimum absolute atomic E-state index is 0.103. The van der Waals surface area contributed by atoms with Crippen molar-refractivity contribution in [3.8, 4) is 0 Å². The van der Waals surface area contributed by atoms with Gasteiger partial charge < -0.3 is 10.4 Å². The lowest BCUT2D eigenvalue weighted by molar-refractivity contribution is 0.0691. The quantitative estimate of drug-likeness (QED) is 0.885. The second kappa shape index (κ2) is 6.29. The van der Waals surface area contributed by atoms with Crippen molar-refractivity contribution >= 4 is 23.2 Å². The number of aromatic carboxylic acids is 1. The van der Waals surface area contributed by atoms with Crippen LogP contribution in [0.25, 0.3) is 0 Å². The van der Waals surface area contributed by atoms with Gasteiger partial charge in [-0.15, -0.1) is 11.3 Å². The number of nitrogens with one attached hydrogen (secondary N) is 1. The van der Waals surface area contributed by atoms with Gasteiger partial charge in [0.05, 0.1) is 0 Å². The van der Waals surface area contributed by atoms with E-state index in [9.17, 15) is 9.59 Å². The summed E-state index contributed by atoms with van der Waals surface area (Å²) in [6.45, 7) is 2.46. The number of carbonyl (C=O) groups is 2. The van der Waals surface area contributed by atoms with Crippen molar-refractivity contribution in [3.63, 3.8) is 0 Å². The van der Waals surface area contributed by atoms with Crippen LogP contribution >= 0.6 is 11.3 Å². The molecule has 0 unspecified atom stereocenters. The van der Waals surface area contributed by atoms with E-state index in [4.69, 9.17) is 5.11 Å². The maximum Gasteiger partial charge on any atom is 0.355 e. The molecule has 0 atom stereocenters. The first-order valence-electron chi connectivity index (χ1n) is 6.15. The molecule has 0 aliphatic carbocycles. The predicted molar refractivity (Wildman–Crippen MR) is 76.1 cm³/mol. The maximum atomic E-state index is 11.9. The van der Waals surface area contributed by atoms with Gasteiger partial charge in [0.25, 0.3) is 5.91 Å². The van der Waals surface area contributed by atoms with Crippen LogP contribution < -0.4 is 5.32 Å².